The summed E-state index contributed by atoms with van der Waals surface area (Å²) in [6.07, 6.45) is 0. The van der Waals surface area contributed by atoms with Gasteiger partial charge in [0.15, 0.2) is 0 Å². The van der Waals surface area contributed by atoms with Crippen LogP contribution in [-0.2, 0) is 6.54 Å². The number of benzene rings is 2. The van der Waals surface area contributed by atoms with Gasteiger partial charge >= 0.3 is 5.97 Å². The van der Waals surface area contributed by atoms with Gasteiger partial charge < -0.3 is 10.4 Å². The smallest absolute Gasteiger partial charge is 0.338 e. The van der Waals surface area contributed by atoms with E-state index < -0.39 is 11.8 Å². The van der Waals surface area contributed by atoms with Crippen LogP contribution in [0.3, 0.4) is 0 Å². The summed E-state index contributed by atoms with van der Waals surface area (Å²) in [6.45, 7) is 0.309. The summed E-state index contributed by atoms with van der Waals surface area (Å²) in [5.74, 6) is -2.10. The summed E-state index contributed by atoms with van der Waals surface area (Å²) < 4.78 is 13.3. The maximum Gasteiger partial charge on any atom is 0.338 e. The number of nitrogens with one attached hydrogen (secondary N) is 1. The molecule has 0 amide bonds. The number of hydrogen-bond donors (Lipinski definition) is 2. The van der Waals surface area contributed by atoms with E-state index in [1.54, 1.807) is 18.2 Å². The van der Waals surface area contributed by atoms with Crippen molar-refractivity contribution in [1.29, 1.82) is 0 Å². The highest BCUT2D eigenvalue weighted by Crippen LogP contribution is 2.25. The second-order valence-electron chi connectivity index (χ2n) is 4.05. The van der Waals surface area contributed by atoms with Gasteiger partial charge in [-0.3, -0.25) is 0 Å². The van der Waals surface area contributed by atoms with Gasteiger partial charge in [0.05, 0.1) is 5.56 Å². The van der Waals surface area contributed by atoms with Crippen molar-refractivity contribution in [3.8, 4) is 0 Å². The summed E-state index contributed by atoms with van der Waals surface area (Å²) in [5, 5.41) is 12.8. The molecule has 0 bridgehead atoms. The lowest BCUT2D eigenvalue weighted by Crippen LogP contribution is -2.05. The molecule has 2 N–H and O–H groups in total. The van der Waals surface area contributed by atoms with Crippen molar-refractivity contribution in [3.05, 3.63) is 63.4 Å². The van der Waals surface area contributed by atoms with E-state index in [-0.39, 0.29) is 5.56 Å². The first-order chi connectivity index (χ1) is 9.49. The lowest BCUT2D eigenvalue weighted by Gasteiger charge is -2.10. The van der Waals surface area contributed by atoms with Gasteiger partial charge in [0.2, 0.25) is 0 Å². The van der Waals surface area contributed by atoms with E-state index in [9.17, 15) is 9.18 Å². The molecule has 0 aliphatic carbocycles. The molecule has 0 aliphatic rings. The predicted molar refractivity (Wildman–Crippen MR) is 77.1 cm³/mol. The third kappa shape index (κ3) is 3.21. The van der Waals surface area contributed by atoms with Gasteiger partial charge in [0.1, 0.15) is 5.82 Å². The highest BCUT2D eigenvalue weighted by atomic mass is 35.5. The van der Waals surface area contributed by atoms with E-state index in [0.29, 0.717) is 27.8 Å². The van der Waals surface area contributed by atoms with Gasteiger partial charge in [0.25, 0.3) is 0 Å². The van der Waals surface area contributed by atoms with E-state index in [2.05, 4.69) is 5.32 Å². The van der Waals surface area contributed by atoms with Crippen molar-refractivity contribution >= 4 is 34.9 Å². The SMILES string of the molecule is O=C(O)c1cc(NCc2c(Cl)cccc2Cl)ccc1F. The third-order valence-corrected chi connectivity index (χ3v) is 3.44. The van der Waals surface area contributed by atoms with Crippen LogP contribution in [0.5, 0.6) is 0 Å². The monoisotopic (exact) mass is 313 g/mol. The molecule has 0 saturated carbocycles. The number of carboxylic acid groups (broad SMARTS) is 1. The molecule has 0 aliphatic heterocycles. The molecule has 104 valence electrons. The molecule has 2 aromatic rings. The average Bonchev–Trinajstić information content (AvgIpc) is 2.39. The topological polar surface area (TPSA) is 49.3 Å². The van der Waals surface area contributed by atoms with Crippen molar-refractivity contribution < 1.29 is 14.3 Å². The number of rotatable bonds is 4. The zero-order valence-electron chi connectivity index (χ0n) is 10.2. The minimum atomic E-state index is -1.32. The zero-order chi connectivity index (χ0) is 14.7. The Balaban J connectivity index is 2.19. The third-order valence-electron chi connectivity index (χ3n) is 2.73. The lowest BCUT2D eigenvalue weighted by molar-refractivity contribution is 0.0692. The maximum absolute atomic E-state index is 13.3. The first kappa shape index (κ1) is 14.6. The fourth-order valence-electron chi connectivity index (χ4n) is 1.69. The second-order valence-corrected chi connectivity index (χ2v) is 4.87. The van der Waals surface area contributed by atoms with E-state index in [4.69, 9.17) is 28.3 Å². The molecule has 0 saturated heterocycles. The number of anilines is 1. The fraction of sp³-hybridized carbons (Fsp3) is 0.0714. The molecule has 20 heavy (non-hydrogen) atoms. The van der Waals surface area contributed by atoms with E-state index in [0.717, 1.165) is 6.07 Å². The van der Waals surface area contributed by atoms with Crippen molar-refractivity contribution in [2.75, 3.05) is 5.32 Å². The van der Waals surface area contributed by atoms with Crippen molar-refractivity contribution in [1.82, 2.24) is 0 Å². The van der Waals surface area contributed by atoms with Crippen molar-refractivity contribution in [3.63, 3.8) is 0 Å². The minimum Gasteiger partial charge on any atom is -0.478 e. The number of carbonyl (C=O) groups is 1. The molecule has 0 aromatic heterocycles. The Labute approximate surface area is 124 Å². The molecular formula is C14H10Cl2FNO2. The van der Waals surface area contributed by atoms with Crippen molar-refractivity contribution in [2.45, 2.75) is 6.54 Å². The van der Waals surface area contributed by atoms with Gasteiger partial charge in [-0.1, -0.05) is 29.3 Å². The molecule has 0 fully saturated rings. The molecule has 0 spiro atoms. The summed E-state index contributed by atoms with van der Waals surface area (Å²) in [4.78, 5) is 10.8. The molecule has 2 aromatic carbocycles. The summed E-state index contributed by atoms with van der Waals surface area (Å²) >= 11 is 12.0. The van der Waals surface area contributed by atoms with Gasteiger partial charge in [-0.25, -0.2) is 9.18 Å². The van der Waals surface area contributed by atoms with E-state index in [1.165, 1.54) is 12.1 Å². The first-order valence-corrected chi connectivity index (χ1v) is 6.44. The quantitative estimate of drug-likeness (QED) is 0.877. The Morgan fingerprint density at radius 3 is 2.45 bits per heavy atom. The summed E-state index contributed by atoms with van der Waals surface area (Å²) in [7, 11) is 0. The Morgan fingerprint density at radius 1 is 1.20 bits per heavy atom. The Bertz CT molecular complexity index is 641. The molecule has 0 atom stereocenters. The van der Waals surface area contributed by atoms with Crippen LogP contribution in [-0.4, -0.2) is 11.1 Å². The van der Waals surface area contributed by atoms with Gasteiger partial charge in [0, 0.05) is 27.8 Å². The number of carboxylic acids is 1. The first-order valence-electron chi connectivity index (χ1n) is 5.68. The summed E-state index contributed by atoms with van der Waals surface area (Å²) in [6, 6.07) is 8.92. The molecule has 2 rings (SSSR count). The minimum absolute atomic E-state index is 0.309. The van der Waals surface area contributed by atoms with Crippen LogP contribution < -0.4 is 5.32 Å². The van der Waals surface area contributed by atoms with Crippen molar-refractivity contribution in [2.24, 2.45) is 0 Å². The standard InChI is InChI=1S/C14H10Cl2FNO2/c15-11-2-1-3-12(16)10(11)7-18-8-4-5-13(17)9(6-8)14(19)20/h1-6,18H,7H2,(H,19,20). The van der Waals surface area contributed by atoms with Gasteiger partial charge in [-0.15, -0.1) is 0 Å². The largest absolute Gasteiger partial charge is 0.478 e. The van der Waals surface area contributed by atoms with Crippen LogP contribution in [0.25, 0.3) is 0 Å². The van der Waals surface area contributed by atoms with Crippen LogP contribution in [0.15, 0.2) is 36.4 Å². The fourth-order valence-corrected chi connectivity index (χ4v) is 2.22. The summed E-state index contributed by atoms with van der Waals surface area (Å²) in [5.41, 5.74) is 0.775. The molecule has 0 unspecified atom stereocenters. The highest BCUT2D eigenvalue weighted by molar-refractivity contribution is 6.36. The van der Waals surface area contributed by atoms with E-state index >= 15 is 0 Å². The zero-order valence-corrected chi connectivity index (χ0v) is 11.7. The lowest BCUT2D eigenvalue weighted by atomic mass is 10.1. The number of halogens is 3. The second kappa shape index (κ2) is 6.11. The molecule has 0 heterocycles. The number of aromatic carboxylic acids is 1. The molecule has 3 nitrogen and oxygen atoms in total. The molecular weight excluding hydrogens is 304 g/mol. The maximum atomic E-state index is 13.3. The molecule has 0 radical (unpaired) electrons. The Morgan fingerprint density at radius 2 is 1.85 bits per heavy atom. The van der Waals surface area contributed by atoms with E-state index in [1.807, 2.05) is 0 Å². The highest BCUT2D eigenvalue weighted by Gasteiger charge is 2.11. The van der Waals surface area contributed by atoms with Gasteiger partial charge in [-0.2, -0.15) is 0 Å². The normalized spacial score (nSPS) is 10.3. The molecule has 6 heteroatoms. The predicted octanol–water partition coefficient (Wildman–Crippen LogP) is 4.44. The van der Waals surface area contributed by atoms with Gasteiger partial charge in [-0.05, 0) is 30.3 Å². The van der Waals surface area contributed by atoms with Crippen LogP contribution in [0.2, 0.25) is 10.0 Å². The number of hydrogen-bond acceptors (Lipinski definition) is 2. The Hall–Kier alpha value is -1.78. The van der Waals surface area contributed by atoms with Crippen LogP contribution in [0, 0.1) is 5.82 Å². The van der Waals surface area contributed by atoms with Crippen LogP contribution >= 0.6 is 23.2 Å². The van der Waals surface area contributed by atoms with Crippen LogP contribution in [0.4, 0.5) is 10.1 Å². The Kier molecular flexibility index (Phi) is 4.47. The average molecular weight is 314 g/mol. The van der Waals surface area contributed by atoms with Crippen LogP contribution in [0.1, 0.15) is 15.9 Å².